The summed E-state index contributed by atoms with van der Waals surface area (Å²) in [5.74, 6) is 1.99. The van der Waals surface area contributed by atoms with Crippen LogP contribution in [-0.2, 0) is 0 Å². The van der Waals surface area contributed by atoms with E-state index in [0.29, 0.717) is 0 Å². The van der Waals surface area contributed by atoms with E-state index in [4.69, 9.17) is 0 Å². The van der Waals surface area contributed by atoms with Gasteiger partial charge in [0, 0.05) is 26.7 Å². The lowest BCUT2D eigenvalue weighted by atomic mass is 10.00. The van der Waals surface area contributed by atoms with Crippen molar-refractivity contribution in [1.82, 2.24) is 10.2 Å². The molecule has 17 heavy (non-hydrogen) atoms. The molecule has 0 amide bonds. The van der Waals surface area contributed by atoms with Crippen LogP contribution in [0.2, 0.25) is 0 Å². The van der Waals surface area contributed by atoms with Crippen molar-refractivity contribution in [3.8, 4) is 0 Å². The molecule has 0 aromatic heterocycles. The first-order valence-corrected chi connectivity index (χ1v) is 7.23. The second-order valence-electron chi connectivity index (χ2n) is 5.20. The third kappa shape index (κ3) is 5.42. The molecule has 3 nitrogen and oxygen atoms in total. The molecular weight excluding hydrogens is 210 g/mol. The van der Waals surface area contributed by atoms with Gasteiger partial charge in [-0.3, -0.25) is 4.99 Å². The standard InChI is InChI=1S/C14H29N3/c1-4-5-6-7-10-16-14(15-3)17-11-8-13(2)9-12-17/h13H,4-12H2,1-3H3,(H,15,16). The van der Waals surface area contributed by atoms with Gasteiger partial charge in [-0.1, -0.05) is 33.1 Å². The molecule has 0 aliphatic carbocycles. The van der Waals surface area contributed by atoms with E-state index in [1.165, 1.54) is 38.5 Å². The average molecular weight is 239 g/mol. The second kappa shape index (κ2) is 8.37. The number of likely N-dealkylation sites (tertiary alicyclic amines) is 1. The summed E-state index contributed by atoms with van der Waals surface area (Å²) in [6.45, 7) is 7.99. The zero-order valence-corrected chi connectivity index (χ0v) is 11.8. The van der Waals surface area contributed by atoms with Crippen LogP contribution >= 0.6 is 0 Å². The first kappa shape index (κ1) is 14.3. The van der Waals surface area contributed by atoms with Gasteiger partial charge in [0.2, 0.25) is 0 Å². The second-order valence-corrected chi connectivity index (χ2v) is 5.20. The summed E-state index contributed by atoms with van der Waals surface area (Å²) in [5.41, 5.74) is 0. The Hall–Kier alpha value is -0.730. The monoisotopic (exact) mass is 239 g/mol. The summed E-state index contributed by atoms with van der Waals surface area (Å²) in [6, 6.07) is 0. The molecule has 0 unspecified atom stereocenters. The molecular formula is C14H29N3. The molecule has 0 radical (unpaired) electrons. The Morgan fingerprint density at radius 3 is 2.53 bits per heavy atom. The maximum absolute atomic E-state index is 4.39. The highest BCUT2D eigenvalue weighted by Crippen LogP contribution is 2.15. The minimum atomic E-state index is 0.883. The highest BCUT2D eigenvalue weighted by Gasteiger charge is 2.17. The number of piperidine rings is 1. The van der Waals surface area contributed by atoms with Gasteiger partial charge < -0.3 is 10.2 Å². The predicted molar refractivity (Wildman–Crippen MR) is 75.5 cm³/mol. The van der Waals surface area contributed by atoms with Gasteiger partial charge in [0.25, 0.3) is 0 Å². The van der Waals surface area contributed by atoms with Crippen molar-refractivity contribution in [3.63, 3.8) is 0 Å². The molecule has 0 saturated carbocycles. The minimum absolute atomic E-state index is 0.883. The van der Waals surface area contributed by atoms with E-state index in [0.717, 1.165) is 31.5 Å². The van der Waals surface area contributed by atoms with Crippen LogP contribution < -0.4 is 5.32 Å². The third-order valence-electron chi connectivity index (χ3n) is 3.61. The van der Waals surface area contributed by atoms with Crippen molar-refractivity contribution in [2.45, 2.75) is 52.4 Å². The Labute approximate surface area is 107 Å². The molecule has 100 valence electrons. The normalized spacial score (nSPS) is 18.5. The molecule has 0 atom stereocenters. The number of hydrogen-bond acceptors (Lipinski definition) is 1. The molecule has 0 bridgehead atoms. The van der Waals surface area contributed by atoms with Crippen molar-refractivity contribution in [1.29, 1.82) is 0 Å². The maximum atomic E-state index is 4.39. The minimum Gasteiger partial charge on any atom is -0.356 e. The summed E-state index contributed by atoms with van der Waals surface area (Å²) in [6.07, 6.45) is 7.85. The van der Waals surface area contributed by atoms with Gasteiger partial charge in [-0.05, 0) is 25.2 Å². The van der Waals surface area contributed by atoms with Gasteiger partial charge >= 0.3 is 0 Å². The highest BCUT2D eigenvalue weighted by molar-refractivity contribution is 5.79. The van der Waals surface area contributed by atoms with Gasteiger partial charge in [-0.25, -0.2) is 0 Å². The summed E-state index contributed by atoms with van der Waals surface area (Å²) < 4.78 is 0. The van der Waals surface area contributed by atoms with E-state index in [1.807, 2.05) is 7.05 Å². The van der Waals surface area contributed by atoms with Crippen LogP contribution in [0.25, 0.3) is 0 Å². The Balaban J connectivity index is 2.20. The lowest BCUT2D eigenvalue weighted by Crippen LogP contribution is -2.45. The zero-order chi connectivity index (χ0) is 12.5. The third-order valence-corrected chi connectivity index (χ3v) is 3.61. The summed E-state index contributed by atoms with van der Waals surface area (Å²) >= 11 is 0. The number of hydrogen-bond donors (Lipinski definition) is 1. The van der Waals surface area contributed by atoms with Crippen LogP contribution in [0, 0.1) is 5.92 Å². The van der Waals surface area contributed by atoms with Crippen LogP contribution in [-0.4, -0.2) is 37.5 Å². The molecule has 1 saturated heterocycles. The fourth-order valence-electron chi connectivity index (χ4n) is 2.30. The average Bonchev–Trinajstić information content (AvgIpc) is 2.35. The molecule has 1 aliphatic rings. The quantitative estimate of drug-likeness (QED) is 0.454. The van der Waals surface area contributed by atoms with Gasteiger partial charge in [-0.2, -0.15) is 0 Å². The number of rotatable bonds is 5. The molecule has 0 aromatic rings. The van der Waals surface area contributed by atoms with Crippen LogP contribution in [0.1, 0.15) is 52.4 Å². The molecule has 1 fully saturated rings. The van der Waals surface area contributed by atoms with E-state index in [1.54, 1.807) is 0 Å². The highest BCUT2D eigenvalue weighted by atomic mass is 15.3. The van der Waals surface area contributed by atoms with Crippen molar-refractivity contribution < 1.29 is 0 Å². The van der Waals surface area contributed by atoms with Crippen molar-refractivity contribution in [2.75, 3.05) is 26.7 Å². The smallest absolute Gasteiger partial charge is 0.193 e. The summed E-state index contributed by atoms with van der Waals surface area (Å²) in [7, 11) is 1.90. The summed E-state index contributed by atoms with van der Waals surface area (Å²) in [4.78, 5) is 6.79. The first-order chi connectivity index (χ1) is 8.27. The van der Waals surface area contributed by atoms with Gasteiger partial charge in [0.05, 0.1) is 0 Å². The number of aliphatic imine (C=N–C) groups is 1. The van der Waals surface area contributed by atoms with E-state index in [9.17, 15) is 0 Å². The van der Waals surface area contributed by atoms with E-state index in [2.05, 4.69) is 29.1 Å². The van der Waals surface area contributed by atoms with Crippen molar-refractivity contribution in [3.05, 3.63) is 0 Å². The lowest BCUT2D eigenvalue weighted by molar-refractivity contribution is 0.273. The van der Waals surface area contributed by atoms with Crippen LogP contribution in [0.4, 0.5) is 0 Å². The number of nitrogens with one attached hydrogen (secondary N) is 1. The molecule has 1 aliphatic heterocycles. The van der Waals surface area contributed by atoms with E-state index >= 15 is 0 Å². The Morgan fingerprint density at radius 2 is 1.94 bits per heavy atom. The van der Waals surface area contributed by atoms with E-state index < -0.39 is 0 Å². The summed E-state index contributed by atoms with van der Waals surface area (Å²) in [5, 5.41) is 3.49. The van der Waals surface area contributed by atoms with Crippen molar-refractivity contribution in [2.24, 2.45) is 10.9 Å². The lowest BCUT2D eigenvalue weighted by Gasteiger charge is -2.32. The number of guanidine groups is 1. The molecule has 1 heterocycles. The topological polar surface area (TPSA) is 27.6 Å². The Kier molecular flexibility index (Phi) is 7.06. The SMILES string of the molecule is CCCCCCNC(=NC)N1CCC(C)CC1. The van der Waals surface area contributed by atoms with Crippen LogP contribution in [0.15, 0.2) is 4.99 Å². The van der Waals surface area contributed by atoms with Crippen molar-refractivity contribution >= 4 is 5.96 Å². The molecule has 3 heteroatoms. The first-order valence-electron chi connectivity index (χ1n) is 7.23. The van der Waals surface area contributed by atoms with Gasteiger partial charge in [-0.15, -0.1) is 0 Å². The fraction of sp³-hybridized carbons (Fsp3) is 0.929. The number of unbranched alkanes of at least 4 members (excludes halogenated alkanes) is 3. The Bertz CT molecular complexity index is 218. The zero-order valence-electron chi connectivity index (χ0n) is 11.8. The van der Waals surface area contributed by atoms with Crippen LogP contribution in [0.5, 0.6) is 0 Å². The molecule has 0 aromatic carbocycles. The fourth-order valence-corrected chi connectivity index (χ4v) is 2.30. The molecule has 0 spiro atoms. The number of nitrogens with zero attached hydrogens (tertiary/aromatic N) is 2. The van der Waals surface area contributed by atoms with Crippen LogP contribution in [0.3, 0.4) is 0 Å². The van der Waals surface area contributed by atoms with E-state index in [-0.39, 0.29) is 0 Å². The Morgan fingerprint density at radius 1 is 1.24 bits per heavy atom. The largest absolute Gasteiger partial charge is 0.356 e. The molecule has 1 rings (SSSR count). The van der Waals surface area contributed by atoms with Gasteiger partial charge in [0.1, 0.15) is 0 Å². The maximum Gasteiger partial charge on any atom is 0.193 e. The molecule has 1 N–H and O–H groups in total. The van der Waals surface area contributed by atoms with Gasteiger partial charge in [0.15, 0.2) is 5.96 Å². The predicted octanol–water partition coefficient (Wildman–Crippen LogP) is 2.87.